The molecular weight excluding hydrogens is 506 g/mol. The maximum absolute atomic E-state index is 13.0. The fourth-order valence-corrected chi connectivity index (χ4v) is 4.00. The first-order valence-corrected chi connectivity index (χ1v) is 12.5. The molecule has 4 rings (SSSR count). The number of rotatable bonds is 10. The Kier molecular flexibility index (Phi) is 8.55. The van der Waals surface area contributed by atoms with E-state index in [4.69, 9.17) is 16.3 Å². The van der Waals surface area contributed by atoms with E-state index in [9.17, 15) is 19.2 Å². The van der Waals surface area contributed by atoms with Gasteiger partial charge in [-0.05, 0) is 66.9 Å². The third-order valence-corrected chi connectivity index (χ3v) is 6.13. The van der Waals surface area contributed by atoms with Crippen LogP contribution in [-0.2, 0) is 20.7 Å². The molecule has 3 aromatic carbocycles. The van der Waals surface area contributed by atoms with E-state index in [1.165, 1.54) is 24.3 Å². The molecule has 2 N–H and O–H groups in total. The normalized spacial score (nSPS) is 13.1. The number of benzene rings is 3. The van der Waals surface area contributed by atoms with Gasteiger partial charge in [-0.25, -0.2) is 9.69 Å². The number of imide groups is 1. The summed E-state index contributed by atoms with van der Waals surface area (Å²) in [6, 6.07) is 22.3. The van der Waals surface area contributed by atoms with Crippen molar-refractivity contribution in [2.75, 3.05) is 23.4 Å². The third kappa shape index (κ3) is 6.10. The highest BCUT2D eigenvalue weighted by Gasteiger charge is 2.39. The first-order chi connectivity index (χ1) is 18.4. The number of anilines is 2. The Balaban J connectivity index is 1.37. The van der Waals surface area contributed by atoms with E-state index < -0.39 is 17.8 Å². The summed E-state index contributed by atoms with van der Waals surface area (Å²) < 4.78 is 5.10. The molecule has 8 nitrogen and oxygen atoms in total. The Bertz CT molecular complexity index is 1370. The lowest BCUT2D eigenvalue weighted by Gasteiger charge is -2.15. The number of hydrogen-bond donors (Lipinski definition) is 2. The first kappa shape index (κ1) is 26.6. The van der Waals surface area contributed by atoms with Crippen LogP contribution in [0.2, 0.25) is 0 Å². The Labute approximate surface area is 225 Å². The van der Waals surface area contributed by atoms with Gasteiger partial charge in [-0.15, -0.1) is 0 Å². The summed E-state index contributed by atoms with van der Waals surface area (Å²) in [5.41, 5.74) is 2.57. The lowest BCUT2D eigenvalue weighted by atomic mass is 10.1. The summed E-state index contributed by atoms with van der Waals surface area (Å²) in [5.74, 6) is -2.02. The molecule has 0 aliphatic carbocycles. The molecule has 3 amide bonds. The van der Waals surface area contributed by atoms with Gasteiger partial charge < -0.3 is 15.4 Å². The van der Waals surface area contributed by atoms with Crippen molar-refractivity contribution in [3.05, 3.63) is 106 Å². The largest absolute Gasteiger partial charge is 0.462 e. The van der Waals surface area contributed by atoms with Crippen LogP contribution < -0.4 is 15.5 Å². The Morgan fingerprint density at radius 3 is 2.18 bits per heavy atom. The topological polar surface area (TPSA) is 105 Å². The van der Waals surface area contributed by atoms with Crippen molar-refractivity contribution in [3.63, 3.8) is 0 Å². The molecule has 0 radical (unpaired) electrons. The van der Waals surface area contributed by atoms with Crippen LogP contribution in [0.5, 0.6) is 0 Å². The second kappa shape index (κ2) is 12.2. The predicted molar refractivity (Wildman–Crippen MR) is 145 cm³/mol. The van der Waals surface area contributed by atoms with Gasteiger partial charge in [-0.3, -0.25) is 14.4 Å². The zero-order valence-corrected chi connectivity index (χ0v) is 21.5. The molecular formula is C29H26ClN3O5. The number of nitrogens with one attached hydrogen (secondary N) is 2. The van der Waals surface area contributed by atoms with Crippen LogP contribution in [0.25, 0.3) is 0 Å². The van der Waals surface area contributed by atoms with Crippen LogP contribution in [-0.4, -0.2) is 36.8 Å². The van der Waals surface area contributed by atoms with Crippen molar-refractivity contribution >= 4 is 46.7 Å². The Morgan fingerprint density at radius 2 is 1.53 bits per heavy atom. The van der Waals surface area contributed by atoms with Crippen LogP contribution in [0.1, 0.15) is 39.6 Å². The van der Waals surface area contributed by atoms with Gasteiger partial charge in [0.05, 0.1) is 17.9 Å². The molecule has 0 aromatic heterocycles. The second-order valence-electron chi connectivity index (χ2n) is 8.51. The van der Waals surface area contributed by atoms with Crippen molar-refractivity contribution < 1.29 is 23.9 Å². The van der Waals surface area contributed by atoms with Crippen molar-refractivity contribution in [3.8, 4) is 0 Å². The van der Waals surface area contributed by atoms with Gasteiger partial charge in [-0.2, -0.15) is 0 Å². The SMILES string of the molecule is CCCOC(=O)c1ccc(N2C(=O)C(Cl)=C(Nc3ccc(C(=O)NCCc4ccccc4)cc3)C2=O)cc1. The average Bonchev–Trinajstić information content (AvgIpc) is 3.15. The van der Waals surface area contributed by atoms with Gasteiger partial charge >= 0.3 is 5.97 Å². The number of esters is 1. The number of carbonyl (C=O) groups excluding carboxylic acids is 4. The molecule has 38 heavy (non-hydrogen) atoms. The highest BCUT2D eigenvalue weighted by atomic mass is 35.5. The first-order valence-electron chi connectivity index (χ1n) is 12.1. The third-order valence-electron chi connectivity index (χ3n) is 5.78. The van der Waals surface area contributed by atoms with E-state index in [1.54, 1.807) is 24.3 Å². The van der Waals surface area contributed by atoms with Crippen molar-refractivity contribution in [1.82, 2.24) is 5.32 Å². The van der Waals surface area contributed by atoms with Crippen molar-refractivity contribution in [2.24, 2.45) is 0 Å². The summed E-state index contributed by atoms with van der Waals surface area (Å²) in [6.07, 6.45) is 1.42. The summed E-state index contributed by atoms with van der Waals surface area (Å²) in [4.78, 5) is 51.2. The molecule has 0 saturated carbocycles. The zero-order chi connectivity index (χ0) is 27.1. The fourth-order valence-electron chi connectivity index (χ4n) is 3.79. The molecule has 194 valence electrons. The van der Waals surface area contributed by atoms with Crippen molar-refractivity contribution in [2.45, 2.75) is 19.8 Å². The summed E-state index contributed by atoms with van der Waals surface area (Å²) in [6.45, 7) is 2.69. The van der Waals surface area contributed by atoms with Gasteiger partial charge in [0.25, 0.3) is 17.7 Å². The van der Waals surface area contributed by atoms with E-state index in [0.717, 1.165) is 16.9 Å². The van der Waals surface area contributed by atoms with E-state index in [-0.39, 0.29) is 22.3 Å². The minimum atomic E-state index is -0.685. The number of nitrogens with zero attached hydrogens (tertiary/aromatic N) is 1. The number of ether oxygens (including phenoxy) is 1. The minimum absolute atomic E-state index is 0.0804. The van der Waals surface area contributed by atoms with Crippen LogP contribution in [0.4, 0.5) is 11.4 Å². The highest BCUT2D eigenvalue weighted by molar-refractivity contribution is 6.53. The molecule has 1 aliphatic rings. The molecule has 0 atom stereocenters. The maximum Gasteiger partial charge on any atom is 0.338 e. The minimum Gasteiger partial charge on any atom is -0.462 e. The van der Waals surface area contributed by atoms with Crippen LogP contribution in [0.15, 0.2) is 89.6 Å². The number of carbonyl (C=O) groups is 4. The second-order valence-corrected chi connectivity index (χ2v) is 8.89. The Hall–Kier alpha value is -4.43. The molecule has 0 saturated heterocycles. The number of amides is 3. The van der Waals surface area contributed by atoms with Crippen molar-refractivity contribution in [1.29, 1.82) is 0 Å². The number of hydrogen-bond acceptors (Lipinski definition) is 6. The number of halogens is 1. The molecule has 1 heterocycles. The maximum atomic E-state index is 13.0. The Morgan fingerprint density at radius 1 is 0.868 bits per heavy atom. The van der Waals surface area contributed by atoms with Gasteiger partial charge in [0.1, 0.15) is 10.7 Å². The van der Waals surface area contributed by atoms with Crippen LogP contribution >= 0.6 is 11.6 Å². The molecule has 3 aromatic rings. The molecule has 0 spiro atoms. The standard InChI is InChI=1S/C29H26ClN3O5/c1-2-18-38-29(37)21-10-14-23(15-11-21)33-27(35)24(30)25(28(33)36)32-22-12-8-20(9-13-22)26(34)31-17-16-19-6-4-3-5-7-19/h3-15,32H,2,16-18H2,1H3,(H,31,34). The van der Waals surface area contributed by atoms with Gasteiger partial charge in [-0.1, -0.05) is 48.9 Å². The lowest BCUT2D eigenvalue weighted by Crippen LogP contribution is -2.32. The fraction of sp³-hybridized carbons (Fsp3) is 0.172. The molecule has 9 heteroatoms. The molecule has 0 bridgehead atoms. The van der Waals surface area contributed by atoms with Crippen LogP contribution in [0.3, 0.4) is 0 Å². The summed E-state index contributed by atoms with van der Waals surface area (Å²) in [7, 11) is 0. The quantitative estimate of drug-likeness (QED) is 0.291. The summed E-state index contributed by atoms with van der Waals surface area (Å²) in [5, 5.41) is 5.50. The predicted octanol–water partition coefficient (Wildman–Crippen LogP) is 4.66. The van der Waals surface area contributed by atoms with E-state index in [0.29, 0.717) is 36.4 Å². The highest BCUT2D eigenvalue weighted by Crippen LogP contribution is 2.30. The van der Waals surface area contributed by atoms with Crippen LogP contribution in [0, 0.1) is 0 Å². The monoisotopic (exact) mass is 531 g/mol. The van der Waals surface area contributed by atoms with Gasteiger partial charge in [0.2, 0.25) is 0 Å². The molecule has 0 fully saturated rings. The smallest absolute Gasteiger partial charge is 0.338 e. The van der Waals surface area contributed by atoms with Gasteiger partial charge in [0.15, 0.2) is 0 Å². The molecule has 1 aliphatic heterocycles. The zero-order valence-electron chi connectivity index (χ0n) is 20.7. The lowest BCUT2D eigenvalue weighted by molar-refractivity contribution is -0.120. The average molecular weight is 532 g/mol. The van der Waals surface area contributed by atoms with E-state index >= 15 is 0 Å². The van der Waals surface area contributed by atoms with E-state index in [2.05, 4.69) is 10.6 Å². The van der Waals surface area contributed by atoms with Gasteiger partial charge in [0, 0.05) is 17.8 Å². The van der Waals surface area contributed by atoms with E-state index in [1.807, 2.05) is 37.3 Å². The summed E-state index contributed by atoms with van der Waals surface area (Å²) >= 11 is 6.21. The molecule has 0 unspecified atom stereocenters.